The van der Waals surface area contributed by atoms with Crippen LogP contribution in [0.3, 0.4) is 0 Å². The highest BCUT2D eigenvalue weighted by molar-refractivity contribution is 9.10. The number of aromatic nitrogens is 3. The minimum Gasteiger partial charge on any atom is -0.394 e. The van der Waals surface area contributed by atoms with E-state index < -0.39 is 30.7 Å². The number of fused-ring (bicyclic) bond motifs is 1. The maximum Gasteiger partial charge on any atom is 0.181 e. The van der Waals surface area contributed by atoms with Crippen molar-refractivity contribution in [2.24, 2.45) is 0 Å². The van der Waals surface area contributed by atoms with Gasteiger partial charge in [-0.3, -0.25) is 0 Å². The quantitative estimate of drug-likeness (QED) is 0.729. The van der Waals surface area contributed by atoms with E-state index in [9.17, 15) is 14.6 Å². The molecule has 2 aromatic rings. The first-order valence-electron chi connectivity index (χ1n) is 6.27. The summed E-state index contributed by atoms with van der Waals surface area (Å²) in [6.07, 6.45) is -0.730. The molecule has 0 saturated carbocycles. The molecule has 0 aromatic carbocycles. The molecule has 1 aliphatic heterocycles. The number of hydrogen-bond acceptors (Lipinski definition) is 6. The molecule has 0 amide bonds. The van der Waals surface area contributed by atoms with E-state index >= 15 is 0 Å². The highest BCUT2D eigenvalue weighted by Crippen LogP contribution is 2.43. The second kappa shape index (κ2) is 4.87. The molecular weight excluding hydrogens is 347 g/mol. The number of aliphatic hydroxyl groups excluding tert-OH is 2. The van der Waals surface area contributed by atoms with Gasteiger partial charge in [0, 0.05) is 10.7 Å². The first-order chi connectivity index (χ1) is 9.87. The second-order valence-electron chi connectivity index (χ2n) is 5.15. The van der Waals surface area contributed by atoms with Crippen LogP contribution in [-0.4, -0.2) is 49.2 Å². The maximum atomic E-state index is 14.8. The molecule has 0 radical (unpaired) electrons. The first kappa shape index (κ1) is 14.6. The van der Waals surface area contributed by atoms with Crippen LogP contribution in [0, 0.1) is 0 Å². The van der Waals surface area contributed by atoms with Crippen LogP contribution in [0.1, 0.15) is 13.2 Å². The van der Waals surface area contributed by atoms with Gasteiger partial charge in [-0.05, 0) is 22.9 Å². The number of aliphatic hydroxyl groups is 2. The molecule has 114 valence electrons. The lowest BCUT2D eigenvalue weighted by molar-refractivity contribution is -0.0564. The summed E-state index contributed by atoms with van der Waals surface area (Å²) in [4.78, 5) is 7.99. The monoisotopic (exact) mass is 360 g/mol. The Morgan fingerprint density at radius 3 is 2.90 bits per heavy atom. The summed E-state index contributed by atoms with van der Waals surface area (Å²) in [7, 11) is 0. The van der Waals surface area contributed by atoms with Gasteiger partial charge in [-0.25, -0.2) is 14.4 Å². The molecule has 1 fully saturated rings. The fourth-order valence-electron chi connectivity index (χ4n) is 2.60. The van der Waals surface area contributed by atoms with E-state index in [-0.39, 0.29) is 5.82 Å². The summed E-state index contributed by atoms with van der Waals surface area (Å²) in [5.41, 5.74) is 4.10. The van der Waals surface area contributed by atoms with Crippen LogP contribution in [0.4, 0.5) is 10.2 Å². The molecule has 1 saturated heterocycles. The van der Waals surface area contributed by atoms with E-state index in [1.165, 1.54) is 17.8 Å². The van der Waals surface area contributed by atoms with Crippen LogP contribution in [-0.2, 0) is 4.74 Å². The molecule has 0 unspecified atom stereocenters. The molecule has 7 nitrogen and oxygen atoms in total. The summed E-state index contributed by atoms with van der Waals surface area (Å²) in [5, 5.41) is 19.7. The van der Waals surface area contributed by atoms with Crippen molar-refractivity contribution in [3.8, 4) is 0 Å². The number of halogens is 2. The predicted octanol–water partition coefficient (Wildman–Crippen LogP) is 0.755. The molecule has 1 aliphatic rings. The molecule has 0 spiro atoms. The number of nitrogens with two attached hydrogens (primary N) is 1. The molecule has 21 heavy (non-hydrogen) atoms. The molecule has 3 rings (SSSR count). The van der Waals surface area contributed by atoms with Crippen LogP contribution in [0.2, 0.25) is 0 Å². The molecule has 3 heterocycles. The number of anilines is 1. The van der Waals surface area contributed by atoms with Crippen LogP contribution in [0.25, 0.3) is 11.0 Å². The van der Waals surface area contributed by atoms with Crippen LogP contribution < -0.4 is 5.73 Å². The Hall–Kier alpha value is -1.29. The fourth-order valence-corrected chi connectivity index (χ4v) is 3.20. The zero-order chi connectivity index (χ0) is 15.4. The van der Waals surface area contributed by atoms with Gasteiger partial charge in [-0.15, -0.1) is 0 Å². The van der Waals surface area contributed by atoms with Crippen molar-refractivity contribution in [2.45, 2.75) is 31.0 Å². The lowest BCUT2D eigenvalue weighted by atomic mass is 9.98. The Morgan fingerprint density at radius 1 is 1.57 bits per heavy atom. The van der Waals surface area contributed by atoms with Crippen molar-refractivity contribution >= 4 is 32.8 Å². The van der Waals surface area contributed by atoms with Gasteiger partial charge in [0.2, 0.25) is 0 Å². The van der Waals surface area contributed by atoms with E-state index in [1.807, 2.05) is 0 Å². The zero-order valence-electron chi connectivity index (χ0n) is 11.1. The van der Waals surface area contributed by atoms with Crippen molar-refractivity contribution in [1.82, 2.24) is 14.5 Å². The van der Waals surface area contributed by atoms with Gasteiger partial charge >= 0.3 is 0 Å². The lowest BCUT2D eigenvalue weighted by Gasteiger charge is -2.25. The maximum absolute atomic E-state index is 14.8. The highest BCUT2D eigenvalue weighted by atomic mass is 79.9. The number of hydrogen-bond donors (Lipinski definition) is 3. The standard InChI is InChI=1S/C12H14BrFN4O3/c1-12(14)8(20)6(3-19)21-11(12)18-2-5(13)7-9(15)16-4-17-10(7)18/h2,4,6,8,11,19-20H,3H2,1H3,(H2,15,16,17)/t6-,8-,11+,12-/m1/s1. The average molecular weight is 361 g/mol. The molecule has 9 heteroatoms. The fraction of sp³-hybridized carbons (Fsp3) is 0.500. The van der Waals surface area contributed by atoms with E-state index in [1.54, 1.807) is 6.20 Å². The number of ether oxygens (including phenoxy) is 1. The van der Waals surface area contributed by atoms with Gasteiger partial charge in [-0.1, -0.05) is 0 Å². The summed E-state index contributed by atoms with van der Waals surface area (Å²) >= 11 is 3.33. The summed E-state index contributed by atoms with van der Waals surface area (Å²) in [6.45, 7) is 0.747. The van der Waals surface area contributed by atoms with Crippen LogP contribution >= 0.6 is 15.9 Å². The van der Waals surface area contributed by atoms with Crippen molar-refractivity contribution in [1.29, 1.82) is 0 Å². The van der Waals surface area contributed by atoms with E-state index in [0.717, 1.165) is 0 Å². The van der Waals surface area contributed by atoms with Gasteiger partial charge in [0.25, 0.3) is 0 Å². The van der Waals surface area contributed by atoms with Gasteiger partial charge in [-0.2, -0.15) is 0 Å². The minimum atomic E-state index is -2.08. The SMILES string of the molecule is C[C@@]1(F)[C@H](O)[C@@H](CO)O[C@@H]1n1cc(Br)c2c(N)ncnc21. The third-order valence-electron chi connectivity index (χ3n) is 3.74. The van der Waals surface area contributed by atoms with Crippen LogP contribution in [0.5, 0.6) is 0 Å². The van der Waals surface area contributed by atoms with Gasteiger partial charge in [0.15, 0.2) is 11.9 Å². The lowest BCUT2D eigenvalue weighted by Crippen LogP contribution is -2.40. The third-order valence-corrected chi connectivity index (χ3v) is 4.34. The Labute approximate surface area is 127 Å². The Kier molecular flexibility index (Phi) is 3.40. The summed E-state index contributed by atoms with van der Waals surface area (Å²) < 4.78 is 22.3. The number of rotatable bonds is 2. The molecule has 4 N–H and O–H groups in total. The normalized spacial score (nSPS) is 32.9. The Morgan fingerprint density at radius 2 is 2.29 bits per heavy atom. The van der Waals surface area contributed by atoms with E-state index in [0.29, 0.717) is 15.5 Å². The Bertz CT molecular complexity index is 692. The largest absolute Gasteiger partial charge is 0.394 e. The van der Waals surface area contributed by atoms with Crippen molar-refractivity contribution < 1.29 is 19.3 Å². The molecule has 0 aliphatic carbocycles. The number of nitrogens with zero attached hydrogens (tertiary/aromatic N) is 3. The van der Waals surface area contributed by atoms with Gasteiger partial charge < -0.3 is 25.3 Å². The van der Waals surface area contributed by atoms with Gasteiger partial charge in [0.05, 0.1) is 12.0 Å². The van der Waals surface area contributed by atoms with E-state index in [2.05, 4.69) is 25.9 Å². The smallest absolute Gasteiger partial charge is 0.181 e. The molecule has 2 aromatic heterocycles. The zero-order valence-corrected chi connectivity index (χ0v) is 12.7. The second-order valence-corrected chi connectivity index (χ2v) is 6.00. The van der Waals surface area contributed by atoms with Crippen molar-refractivity contribution in [3.63, 3.8) is 0 Å². The van der Waals surface area contributed by atoms with Crippen molar-refractivity contribution in [2.75, 3.05) is 12.3 Å². The molecule has 4 atom stereocenters. The van der Waals surface area contributed by atoms with Crippen LogP contribution in [0.15, 0.2) is 17.0 Å². The third kappa shape index (κ3) is 2.03. The van der Waals surface area contributed by atoms with Gasteiger partial charge in [0.1, 0.15) is 30.0 Å². The first-order valence-corrected chi connectivity index (χ1v) is 7.07. The average Bonchev–Trinajstić information content (AvgIpc) is 2.87. The highest BCUT2D eigenvalue weighted by Gasteiger charge is 2.55. The van der Waals surface area contributed by atoms with E-state index in [4.69, 9.17) is 10.5 Å². The Balaban J connectivity index is 2.15. The summed E-state index contributed by atoms with van der Waals surface area (Å²) in [5.74, 6) is 0.253. The van der Waals surface area contributed by atoms with Crippen molar-refractivity contribution in [3.05, 3.63) is 17.0 Å². The minimum absolute atomic E-state index is 0.253. The topological polar surface area (TPSA) is 106 Å². The number of alkyl halides is 1. The molecular formula is C12H14BrFN4O3. The predicted molar refractivity (Wildman–Crippen MR) is 76.2 cm³/mol. The summed E-state index contributed by atoms with van der Waals surface area (Å²) in [6, 6.07) is 0. The molecule has 0 bridgehead atoms. The number of nitrogen functional groups attached to an aromatic ring is 1.